The van der Waals surface area contributed by atoms with E-state index in [9.17, 15) is 18.7 Å². The quantitative estimate of drug-likeness (QED) is 0.680. The number of ether oxygens (including phenoxy) is 1. The zero-order chi connectivity index (χ0) is 19.5. The van der Waals surface area contributed by atoms with Crippen molar-refractivity contribution >= 4 is 27.3 Å². The molecule has 2 heterocycles. The second kappa shape index (κ2) is 6.17. The SMILES string of the molecule is O=C(C1CC1(F)F)N1CCOc2c(O)cc(-c3csc4ccccc34)cc2C1. The number of benzene rings is 2. The van der Waals surface area contributed by atoms with Gasteiger partial charge >= 0.3 is 0 Å². The molecule has 28 heavy (non-hydrogen) atoms. The van der Waals surface area contributed by atoms with Crippen molar-refractivity contribution in [1.82, 2.24) is 4.90 Å². The number of aromatic hydroxyl groups is 1. The Labute approximate surface area is 164 Å². The minimum Gasteiger partial charge on any atom is -0.504 e. The smallest absolute Gasteiger partial charge is 0.260 e. The predicted octanol–water partition coefficient (Wildman–Crippen LogP) is 4.65. The Bertz CT molecular complexity index is 1090. The number of fused-ring (bicyclic) bond motifs is 2. The Hall–Kier alpha value is -2.67. The molecule has 1 unspecified atom stereocenters. The minimum absolute atomic E-state index is 0.00571. The molecular formula is C21H17F2NO3S. The number of amides is 1. The predicted molar refractivity (Wildman–Crippen MR) is 103 cm³/mol. The molecule has 1 aromatic heterocycles. The zero-order valence-corrected chi connectivity index (χ0v) is 15.6. The molecule has 0 bridgehead atoms. The molecule has 1 fully saturated rings. The number of carbonyl (C=O) groups excluding carboxylic acids is 1. The van der Waals surface area contributed by atoms with Gasteiger partial charge in [0, 0.05) is 34.2 Å². The topological polar surface area (TPSA) is 49.8 Å². The maximum absolute atomic E-state index is 13.3. The Morgan fingerprint density at radius 3 is 2.86 bits per heavy atom. The van der Waals surface area contributed by atoms with E-state index >= 15 is 0 Å². The van der Waals surface area contributed by atoms with Gasteiger partial charge in [-0.2, -0.15) is 0 Å². The number of nitrogens with zero attached hydrogens (tertiary/aromatic N) is 1. The molecule has 0 spiro atoms. The van der Waals surface area contributed by atoms with Gasteiger partial charge in [0.2, 0.25) is 5.91 Å². The van der Waals surface area contributed by atoms with Crippen LogP contribution < -0.4 is 4.74 Å². The van der Waals surface area contributed by atoms with E-state index in [1.807, 2.05) is 35.7 Å². The van der Waals surface area contributed by atoms with E-state index in [4.69, 9.17) is 4.74 Å². The molecule has 144 valence electrons. The van der Waals surface area contributed by atoms with E-state index in [1.165, 1.54) is 4.90 Å². The lowest BCUT2D eigenvalue weighted by Crippen LogP contribution is -2.34. The number of phenols is 1. The highest BCUT2D eigenvalue weighted by Gasteiger charge is 2.62. The van der Waals surface area contributed by atoms with Crippen LogP contribution in [-0.4, -0.2) is 35.0 Å². The van der Waals surface area contributed by atoms with Crippen molar-refractivity contribution in [2.75, 3.05) is 13.2 Å². The van der Waals surface area contributed by atoms with Crippen LogP contribution in [-0.2, 0) is 11.3 Å². The van der Waals surface area contributed by atoms with Gasteiger partial charge in [-0.1, -0.05) is 18.2 Å². The molecule has 1 atom stereocenters. The van der Waals surface area contributed by atoms with Crippen molar-refractivity contribution in [2.45, 2.75) is 18.9 Å². The normalized spacial score (nSPS) is 20.4. The molecule has 1 amide bonds. The summed E-state index contributed by atoms with van der Waals surface area (Å²) in [5.74, 6) is -4.36. The van der Waals surface area contributed by atoms with Gasteiger partial charge in [-0.25, -0.2) is 8.78 Å². The second-order valence-electron chi connectivity index (χ2n) is 7.26. The number of alkyl halides is 2. The molecule has 1 N–H and O–H groups in total. The van der Waals surface area contributed by atoms with Gasteiger partial charge in [-0.15, -0.1) is 11.3 Å². The summed E-state index contributed by atoms with van der Waals surface area (Å²) in [5.41, 5.74) is 2.41. The first-order valence-electron chi connectivity index (χ1n) is 9.06. The number of carbonyl (C=O) groups is 1. The number of thiophene rings is 1. The van der Waals surface area contributed by atoms with Gasteiger partial charge < -0.3 is 14.7 Å². The van der Waals surface area contributed by atoms with Crippen LogP contribution in [0.1, 0.15) is 12.0 Å². The van der Waals surface area contributed by atoms with Crippen LogP contribution in [0.25, 0.3) is 21.2 Å². The number of hydrogen-bond acceptors (Lipinski definition) is 4. The minimum atomic E-state index is -2.90. The molecule has 0 saturated heterocycles. The molecule has 1 aliphatic heterocycles. The zero-order valence-electron chi connectivity index (χ0n) is 14.8. The third-order valence-corrected chi connectivity index (χ3v) is 6.31. The van der Waals surface area contributed by atoms with Crippen molar-refractivity contribution in [2.24, 2.45) is 5.92 Å². The summed E-state index contributed by atoms with van der Waals surface area (Å²) < 4.78 is 33.5. The fourth-order valence-electron chi connectivity index (χ4n) is 3.75. The molecule has 2 aromatic carbocycles. The summed E-state index contributed by atoms with van der Waals surface area (Å²) in [6.07, 6.45) is -0.387. The molecule has 5 rings (SSSR count). The highest BCUT2D eigenvalue weighted by atomic mass is 32.1. The first kappa shape index (κ1) is 17.4. The molecule has 1 saturated carbocycles. The number of phenolic OH excluding ortho intramolecular Hbond substituents is 1. The van der Waals surface area contributed by atoms with Crippen LogP contribution in [0, 0.1) is 5.92 Å². The average molecular weight is 401 g/mol. The number of rotatable bonds is 2. The summed E-state index contributed by atoms with van der Waals surface area (Å²) >= 11 is 1.61. The van der Waals surface area contributed by atoms with E-state index in [-0.39, 0.29) is 31.9 Å². The van der Waals surface area contributed by atoms with E-state index in [0.29, 0.717) is 11.3 Å². The fourth-order valence-corrected chi connectivity index (χ4v) is 4.72. The lowest BCUT2D eigenvalue weighted by atomic mass is 10.0. The van der Waals surface area contributed by atoms with Gasteiger partial charge in [-0.05, 0) is 29.1 Å². The highest BCUT2D eigenvalue weighted by Crippen LogP contribution is 2.50. The average Bonchev–Trinajstić information content (AvgIpc) is 3.19. The molecular weight excluding hydrogens is 384 g/mol. The first-order valence-corrected chi connectivity index (χ1v) is 9.94. The monoisotopic (exact) mass is 401 g/mol. The van der Waals surface area contributed by atoms with Gasteiger partial charge in [0.05, 0.1) is 6.54 Å². The van der Waals surface area contributed by atoms with Gasteiger partial charge in [0.1, 0.15) is 12.5 Å². The standard InChI is InChI=1S/C21H17F2NO3S/c22-21(23)9-16(21)20(26)24-5-6-27-19-13(10-24)7-12(8-17(19)25)15-11-28-18-4-2-1-3-14(15)18/h1-4,7-8,11,16,25H,5-6,9-10H2. The summed E-state index contributed by atoms with van der Waals surface area (Å²) in [6, 6.07) is 11.5. The van der Waals surface area contributed by atoms with Crippen molar-refractivity contribution in [3.05, 3.63) is 47.3 Å². The van der Waals surface area contributed by atoms with Gasteiger partial charge in [0.25, 0.3) is 5.92 Å². The van der Waals surface area contributed by atoms with E-state index in [1.54, 1.807) is 17.4 Å². The van der Waals surface area contributed by atoms with Gasteiger partial charge in [0.15, 0.2) is 11.5 Å². The maximum Gasteiger partial charge on any atom is 0.260 e. The summed E-state index contributed by atoms with van der Waals surface area (Å²) in [4.78, 5) is 13.9. The van der Waals surface area contributed by atoms with Crippen molar-refractivity contribution in [3.8, 4) is 22.6 Å². The van der Waals surface area contributed by atoms with Crippen LogP contribution in [0.2, 0.25) is 0 Å². The van der Waals surface area contributed by atoms with Crippen LogP contribution in [0.3, 0.4) is 0 Å². The highest BCUT2D eigenvalue weighted by molar-refractivity contribution is 7.17. The third kappa shape index (κ3) is 2.81. The molecule has 0 radical (unpaired) electrons. The van der Waals surface area contributed by atoms with Crippen LogP contribution in [0.4, 0.5) is 8.78 Å². The van der Waals surface area contributed by atoms with E-state index < -0.39 is 17.7 Å². The molecule has 3 aromatic rings. The summed E-state index contributed by atoms with van der Waals surface area (Å²) in [5, 5.41) is 13.6. The number of hydrogen-bond donors (Lipinski definition) is 1. The Morgan fingerprint density at radius 1 is 1.29 bits per heavy atom. The van der Waals surface area contributed by atoms with Crippen LogP contribution >= 0.6 is 11.3 Å². The van der Waals surface area contributed by atoms with Crippen molar-refractivity contribution < 1.29 is 23.4 Å². The van der Waals surface area contributed by atoms with Crippen LogP contribution in [0.15, 0.2) is 41.8 Å². The lowest BCUT2D eigenvalue weighted by Gasteiger charge is -2.20. The molecule has 2 aliphatic rings. The Kier molecular flexibility index (Phi) is 3.84. The number of halogens is 2. The fraction of sp³-hybridized carbons (Fsp3) is 0.286. The summed E-state index contributed by atoms with van der Waals surface area (Å²) in [7, 11) is 0. The van der Waals surface area contributed by atoms with Crippen molar-refractivity contribution in [3.63, 3.8) is 0 Å². The van der Waals surface area contributed by atoms with Crippen LogP contribution in [0.5, 0.6) is 11.5 Å². The maximum atomic E-state index is 13.3. The van der Waals surface area contributed by atoms with E-state index in [2.05, 4.69) is 0 Å². The van der Waals surface area contributed by atoms with Gasteiger partial charge in [-0.3, -0.25) is 4.79 Å². The summed E-state index contributed by atoms with van der Waals surface area (Å²) in [6.45, 7) is 0.520. The molecule has 7 heteroatoms. The molecule has 1 aliphatic carbocycles. The van der Waals surface area contributed by atoms with Crippen molar-refractivity contribution in [1.29, 1.82) is 0 Å². The van der Waals surface area contributed by atoms with E-state index in [0.717, 1.165) is 21.2 Å². The first-order chi connectivity index (χ1) is 13.4. The largest absolute Gasteiger partial charge is 0.504 e. The Morgan fingerprint density at radius 2 is 2.07 bits per heavy atom. The Balaban J connectivity index is 1.52. The molecule has 4 nitrogen and oxygen atoms in total. The third-order valence-electron chi connectivity index (χ3n) is 5.34. The lowest BCUT2D eigenvalue weighted by molar-refractivity contribution is -0.135. The second-order valence-corrected chi connectivity index (χ2v) is 8.17.